The van der Waals surface area contributed by atoms with Gasteiger partial charge >= 0.3 is 0 Å². The summed E-state index contributed by atoms with van der Waals surface area (Å²) in [5, 5.41) is 0. The maximum Gasteiger partial charge on any atom is 0.0607 e. The third-order valence-corrected chi connectivity index (χ3v) is 4.13. The lowest BCUT2D eigenvalue weighted by molar-refractivity contribution is 0.516. The Morgan fingerprint density at radius 3 is 2.58 bits per heavy atom. The zero-order chi connectivity index (χ0) is 13.7. The Labute approximate surface area is 117 Å². The van der Waals surface area contributed by atoms with Crippen molar-refractivity contribution in [2.75, 3.05) is 36.5 Å². The maximum absolute atomic E-state index is 6.02. The summed E-state index contributed by atoms with van der Waals surface area (Å²) in [4.78, 5) is 4.86. The quantitative estimate of drug-likeness (QED) is 0.799. The first kappa shape index (κ1) is 14.2. The molecular weight excluding hydrogens is 234 g/mol. The van der Waals surface area contributed by atoms with Gasteiger partial charge in [-0.15, -0.1) is 0 Å². The second-order valence-corrected chi connectivity index (χ2v) is 5.49. The predicted octanol–water partition coefficient (Wildman–Crippen LogP) is 2.85. The molecule has 0 spiro atoms. The fourth-order valence-corrected chi connectivity index (χ4v) is 2.94. The lowest BCUT2D eigenvalue weighted by Crippen LogP contribution is -2.47. The number of hydrogen-bond donors (Lipinski definition) is 1. The van der Waals surface area contributed by atoms with Gasteiger partial charge in [-0.05, 0) is 18.6 Å². The van der Waals surface area contributed by atoms with Crippen LogP contribution in [0, 0.1) is 0 Å². The number of unbranched alkanes of at least 4 members (excludes halogenated alkanes) is 2. The van der Waals surface area contributed by atoms with E-state index in [9.17, 15) is 0 Å². The molecule has 1 aliphatic rings. The van der Waals surface area contributed by atoms with Crippen molar-refractivity contribution in [2.45, 2.75) is 38.6 Å². The number of nitrogens with two attached hydrogens (primary N) is 1. The van der Waals surface area contributed by atoms with Crippen molar-refractivity contribution < 1.29 is 0 Å². The number of rotatable bonds is 6. The number of para-hydroxylation sites is 2. The highest BCUT2D eigenvalue weighted by atomic mass is 15.3. The van der Waals surface area contributed by atoms with E-state index in [1.807, 2.05) is 0 Å². The Kier molecular flexibility index (Phi) is 5.08. The Hall–Kier alpha value is -1.22. The molecule has 0 aliphatic carbocycles. The van der Waals surface area contributed by atoms with Crippen LogP contribution in [0.15, 0.2) is 24.3 Å². The molecule has 1 unspecified atom stereocenters. The molecule has 1 atom stereocenters. The smallest absolute Gasteiger partial charge is 0.0607 e. The lowest BCUT2D eigenvalue weighted by atomic mass is 10.0. The van der Waals surface area contributed by atoms with Crippen LogP contribution >= 0.6 is 0 Å². The van der Waals surface area contributed by atoms with Gasteiger partial charge < -0.3 is 15.5 Å². The molecule has 1 heterocycles. The molecule has 0 aromatic heterocycles. The van der Waals surface area contributed by atoms with E-state index in [-0.39, 0.29) is 0 Å². The van der Waals surface area contributed by atoms with Gasteiger partial charge in [-0.25, -0.2) is 0 Å². The monoisotopic (exact) mass is 261 g/mol. The summed E-state index contributed by atoms with van der Waals surface area (Å²) in [6.07, 6.45) is 5.08. The van der Waals surface area contributed by atoms with Crippen molar-refractivity contribution in [1.29, 1.82) is 0 Å². The number of benzene rings is 1. The molecule has 1 aliphatic heterocycles. The number of anilines is 2. The van der Waals surface area contributed by atoms with Gasteiger partial charge in [-0.2, -0.15) is 0 Å². The van der Waals surface area contributed by atoms with Gasteiger partial charge in [-0.3, -0.25) is 0 Å². The molecule has 1 aromatic carbocycles. The highest BCUT2D eigenvalue weighted by Gasteiger charge is 2.24. The van der Waals surface area contributed by atoms with Gasteiger partial charge in [0.25, 0.3) is 0 Å². The summed E-state index contributed by atoms with van der Waals surface area (Å²) < 4.78 is 0. The van der Waals surface area contributed by atoms with Crippen LogP contribution in [-0.4, -0.2) is 32.7 Å². The average Bonchev–Trinajstić information content (AvgIpc) is 2.45. The molecule has 1 aromatic rings. The van der Waals surface area contributed by atoms with Crippen LogP contribution in [-0.2, 0) is 0 Å². The molecule has 0 bridgehead atoms. The molecule has 106 valence electrons. The van der Waals surface area contributed by atoms with E-state index in [4.69, 9.17) is 5.73 Å². The van der Waals surface area contributed by atoms with Crippen molar-refractivity contribution >= 4 is 11.4 Å². The Morgan fingerprint density at radius 2 is 1.89 bits per heavy atom. The van der Waals surface area contributed by atoms with E-state index in [1.165, 1.54) is 37.1 Å². The van der Waals surface area contributed by atoms with Crippen LogP contribution in [0.5, 0.6) is 0 Å². The van der Waals surface area contributed by atoms with Gasteiger partial charge in [0.05, 0.1) is 11.4 Å². The van der Waals surface area contributed by atoms with Crippen molar-refractivity contribution in [1.82, 2.24) is 0 Å². The molecule has 3 heteroatoms. The second-order valence-electron chi connectivity index (χ2n) is 5.49. The molecule has 0 fully saturated rings. The number of nitrogens with zero attached hydrogens (tertiary/aromatic N) is 2. The molecule has 2 rings (SSSR count). The molecule has 0 radical (unpaired) electrons. The second kappa shape index (κ2) is 6.80. The molecule has 0 saturated carbocycles. The fraction of sp³-hybridized carbons (Fsp3) is 0.625. The van der Waals surface area contributed by atoms with E-state index in [1.54, 1.807) is 0 Å². The first-order chi connectivity index (χ1) is 9.27. The normalized spacial score (nSPS) is 16.4. The minimum atomic E-state index is 0.487. The lowest BCUT2D eigenvalue weighted by Gasteiger charge is -2.41. The number of likely N-dealkylation sites (N-methyl/N-ethyl adjacent to an activating group) is 1. The van der Waals surface area contributed by atoms with Gasteiger partial charge in [-0.1, -0.05) is 38.3 Å². The summed E-state index contributed by atoms with van der Waals surface area (Å²) in [6, 6.07) is 9.17. The van der Waals surface area contributed by atoms with Gasteiger partial charge in [0.2, 0.25) is 0 Å². The largest absolute Gasteiger partial charge is 0.371 e. The van der Waals surface area contributed by atoms with E-state index in [2.05, 4.69) is 48.0 Å². The van der Waals surface area contributed by atoms with Gasteiger partial charge in [0, 0.05) is 32.7 Å². The third kappa shape index (κ3) is 3.21. The molecule has 19 heavy (non-hydrogen) atoms. The third-order valence-electron chi connectivity index (χ3n) is 4.13. The molecule has 2 N–H and O–H groups in total. The molecule has 0 amide bonds. The van der Waals surface area contributed by atoms with Crippen LogP contribution in [0.3, 0.4) is 0 Å². The zero-order valence-corrected chi connectivity index (χ0v) is 12.3. The van der Waals surface area contributed by atoms with E-state index < -0.39 is 0 Å². The summed E-state index contributed by atoms with van der Waals surface area (Å²) in [5.74, 6) is 0. The highest BCUT2D eigenvalue weighted by Crippen LogP contribution is 2.33. The van der Waals surface area contributed by atoms with Gasteiger partial charge in [0.15, 0.2) is 0 Å². The zero-order valence-electron chi connectivity index (χ0n) is 12.3. The topological polar surface area (TPSA) is 32.5 Å². The van der Waals surface area contributed by atoms with Crippen LogP contribution in [0.1, 0.15) is 32.6 Å². The molecule has 0 saturated heterocycles. The van der Waals surface area contributed by atoms with Crippen molar-refractivity contribution in [3.8, 4) is 0 Å². The summed E-state index contributed by atoms with van der Waals surface area (Å²) in [7, 11) is 2.17. The van der Waals surface area contributed by atoms with Gasteiger partial charge in [0.1, 0.15) is 0 Å². The standard InChI is InChI=1S/C16H27N3/c1-3-4-5-8-14(13-17)19-12-11-18(2)15-9-6-7-10-16(15)19/h6-7,9-10,14H,3-5,8,11-13,17H2,1-2H3. The summed E-state index contributed by atoms with van der Waals surface area (Å²) >= 11 is 0. The Morgan fingerprint density at radius 1 is 1.16 bits per heavy atom. The molecular formula is C16H27N3. The van der Waals surface area contributed by atoms with Crippen molar-refractivity contribution in [2.24, 2.45) is 5.73 Å². The fourth-order valence-electron chi connectivity index (χ4n) is 2.94. The average molecular weight is 261 g/mol. The summed E-state index contributed by atoms with van der Waals surface area (Å²) in [6.45, 7) is 5.17. The van der Waals surface area contributed by atoms with Crippen molar-refractivity contribution in [3.05, 3.63) is 24.3 Å². The van der Waals surface area contributed by atoms with Crippen LogP contribution in [0.2, 0.25) is 0 Å². The molecule has 3 nitrogen and oxygen atoms in total. The first-order valence-corrected chi connectivity index (χ1v) is 7.54. The van der Waals surface area contributed by atoms with Crippen molar-refractivity contribution in [3.63, 3.8) is 0 Å². The van der Waals surface area contributed by atoms with E-state index in [0.717, 1.165) is 19.6 Å². The number of fused-ring (bicyclic) bond motifs is 1. The predicted molar refractivity (Wildman–Crippen MR) is 84.0 cm³/mol. The SMILES string of the molecule is CCCCCC(CN)N1CCN(C)c2ccccc21. The minimum Gasteiger partial charge on any atom is -0.371 e. The van der Waals surface area contributed by atoms with E-state index >= 15 is 0 Å². The Balaban J connectivity index is 2.13. The summed E-state index contributed by atoms with van der Waals surface area (Å²) in [5.41, 5.74) is 8.71. The minimum absolute atomic E-state index is 0.487. The van der Waals surface area contributed by atoms with Crippen LogP contribution in [0.25, 0.3) is 0 Å². The first-order valence-electron chi connectivity index (χ1n) is 7.54. The Bertz CT molecular complexity index is 391. The van der Waals surface area contributed by atoms with Crippen LogP contribution in [0.4, 0.5) is 11.4 Å². The van der Waals surface area contributed by atoms with E-state index in [0.29, 0.717) is 6.04 Å². The van der Waals surface area contributed by atoms with Crippen LogP contribution < -0.4 is 15.5 Å². The highest BCUT2D eigenvalue weighted by molar-refractivity contribution is 5.73. The maximum atomic E-state index is 6.02. The number of hydrogen-bond acceptors (Lipinski definition) is 3.